The van der Waals surface area contributed by atoms with E-state index in [1.165, 1.54) is 0 Å². The Bertz CT molecular complexity index is 291. The van der Waals surface area contributed by atoms with Crippen molar-refractivity contribution in [2.45, 2.75) is 12.8 Å². The van der Waals surface area contributed by atoms with Gasteiger partial charge in [-0.05, 0) is 12.3 Å². The van der Waals surface area contributed by atoms with Gasteiger partial charge in [0.2, 0.25) is 0 Å². The van der Waals surface area contributed by atoms with Gasteiger partial charge >= 0.3 is 0 Å². The molecule has 14 heavy (non-hydrogen) atoms. The fraction of sp³-hybridized carbons (Fsp3) is 0.333. The van der Waals surface area contributed by atoms with Crippen LogP contribution in [0.15, 0.2) is 42.1 Å². The maximum Gasteiger partial charge on any atom is 0.157 e. The summed E-state index contributed by atoms with van der Waals surface area (Å²) in [5.74, 6) is 2.07. The van der Waals surface area contributed by atoms with E-state index in [2.05, 4.69) is 13.2 Å². The Morgan fingerprint density at radius 1 is 1.50 bits per heavy atom. The second kappa shape index (κ2) is 5.32. The molecule has 2 nitrogen and oxygen atoms in total. The van der Waals surface area contributed by atoms with Gasteiger partial charge < -0.3 is 9.15 Å². The molecule has 0 aliphatic rings. The van der Waals surface area contributed by atoms with Gasteiger partial charge in [0.25, 0.3) is 0 Å². The minimum Gasteiger partial charge on any atom is -0.493 e. The van der Waals surface area contributed by atoms with Crippen LogP contribution >= 0.6 is 0 Å². The van der Waals surface area contributed by atoms with Gasteiger partial charge in [0, 0.05) is 12.5 Å². The van der Waals surface area contributed by atoms with E-state index >= 15 is 0 Å². The SMILES string of the molecule is C=CC(C=C)CCc1cc(OC)co1. The molecule has 0 bridgehead atoms. The molecular formula is C12H16O2. The maximum atomic E-state index is 5.30. The minimum atomic E-state index is 0.353. The Labute approximate surface area is 84.9 Å². The van der Waals surface area contributed by atoms with Crippen LogP contribution in [0.2, 0.25) is 0 Å². The normalized spacial score (nSPS) is 10.1. The summed E-state index contributed by atoms with van der Waals surface area (Å²) in [6.45, 7) is 7.48. The van der Waals surface area contributed by atoms with E-state index in [1.807, 2.05) is 18.2 Å². The Morgan fingerprint density at radius 3 is 2.71 bits per heavy atom. The lowest BCUT2D eigenvalue weighted by molar-refractivity contribution is 0.404. The van der Waals surface area contributed by atoms with E-state index in [9.17, 15) is 0 Å². The Kier molecular flexibility index (Phi) is 4.05. The predicted molar refractivity (Wildman–Crippen MR) is 57.5 cm³/mol. The first kappa shape index (κ1) is 10.6. The number of ether oxygens (including phenoxy) is 1. The highest BCUT2D eigenvalue weighted by Crippen LogP contribution is 2.18. The highest BCUT2D eigenvalue weighted by atomic mass is 16.5. The van der Waals surface area contributed by atoms with Gasteiger partial charge in [-0.15, -0.1) is 13.2 Å². The molecule has 0 fully saturated rings. The molecule has 0 saturated carbocycles. The van der Waals surface area contributed by atoms with E-state index in [4.69, 9.17) is 9.15 Å². The summed E-state index contributed by atoms with van der Waals surface area (Å²) in [5.41, 5.74) is 0. The van der Waals surface area contributed by atoms with Crippen molar-refractivity contribution in [3.8, 4) is 5.75 Å². The third-order valence-electron chi connectivity index (χ3n) is 2.19. The number of hydrogen-bond donors (Lipinski definition) is 0. The first-order chi connectivity index (χ1) is 6.80. The molecule has 0 spiro atoms. The first-order valence-corrected chi connectivity index (χ1v) is 4.66. The van der Waals surface area contributed by atoms with Gasteiger partial charge in [0.15, 0.2) is 5.75 Å². The van der Waals surface area contributed by atoms with Gasteiger partial charge in [-0.3, -0.25) is 0 Å². The van der Waals surface area contributed by atoms with Crippen LogP contribution in [0.1, 0.15) is 12.2 Å². The molecule has 0 unspecified atom stereocenters. The van der Waals surface area contributed by atoms with Crippen molar-refractivity contribution in [1.29, 1.82) is 0 Å². The van der Waals surface area contributed by atoms with Crippen LogP contribution in [-0.4, -0.2) is 7.11 Å². The number of aryl methyl sites for hydroxylation is 1. The summed E-state index contributed by atoms with van der Waals surface area (Å²) in [6.07, 6.45) is 7.27. The molecule has 0 atom stereocenters. The number of methoxy groups -OCH3 is 1. The van der Waals surface area contributed by atoms with Crippen LogP contribution in [0.4, 0.5) is 0 Å². The summed E-state index contributed by atoms with van der Waals surface area (Å²) in [5, 5.41) is 0. The van der Waals surface area contributed by atoms with Gasteiger partial charge in [-0.2, -0.15) is 0 Å². The summed E-state index contributed by atoms with van der Waals surface area (Å²) in [4.78, 5) is 0. The van der Waals surface area contributed by atoms with E-state index in [0.717, 1.165) is 24.4 Å². The van der Waals surface area contributed by atoms with Crippen LogP contribution in [0.25, 0.3) is 0 Å². The molecule has 0 aliphatic heterocycles. The van der Waals surface area contributed by atoms with E-state index < -0.39 is 0 Å². The zero-order chi connectivity index (χ0) is 10.4. The quantitative estimate of drug-likeness (QED) is 0.646. The van der Waals surface area contributed by atoms with E-state index in [-0.39, 0.29) is 0 Å². The second-order valence-electron chi connectivity index (χ2n) is 3.13. The zero-order valence-electron chi connectivity index (χ0n) is 8.53. The monoisotopic (exact) mass is 192 g/mol. The first-order valence-electron chi connectivity index (χ1n) is 4.66. The minimum absolute atomic E-state index is 0.353. The van der Waals surface area contributed by atoms with Crippen LogP contribution < -0.4 is 4.74 Å². The highest BCUT2D eigenvalue weighted by Gasteiger charge is 2.04. The average molecular weight is 192 g/mol. The van der Waals surface area contributed by atoms with Crippen molar-refractivity contribution in [1.82, 2.24) is 0 Å². The van der Waals surface area contributed by atoms with Crippen molar-refractivity contribution in [2.75, 3.05) is 7.11 Å². The number of allylic oxidation sites excluding steroid dienone is 2. The molecule has 0 N–H and O–H groups in total. The third-order valence-corrected chi connectivity index (χ3v) is 2.19. The summed E-state index contributed by atoms with van der Waals surface area (Å²) < 4.78 is 10.3. The Hall–Kier alpha value is -1.44. The second-order valence-corrected chi connectivity index (χ2v) is 3.13. The molecule has 0 aromatic carbocycles. The highest BCUT2D eigenvalue weighted by molar-refractivity contribution is 5.19. The molecule has 2 heteroatoms. The van der Waals surface area contributed by atoms with Crippen molar-refractivity contribution < 1.29 is 9.15 Å². The Balaban J connectivity index is 2.44. The fourth-order valence-electron chi connectivity index (χ4n) is 1.24. The largest absolute Gasteiger partial charge is 0.493 e. The van der Waals surface area contributed by atoms with Gasteiger partial charge in [0.1, 0.15) is 12.0 Å². The lowest BCUT2D eigenvalue weighted by atomic mass is 10.0. The molecule has 0 saturated heterocycles. The smallest absolute Gasteiger partial charge is 0.157 e. The van der Waals surface area contributed by atoms with Crippen molar-refractivity contribution >= 4 is 0 Å². The summed E-state index contributed by atoms with van der Waals surface area (Å²) >= 11 is 0. The lowest BCUT2D eigenvalue weighted by Gasteiger charge is -2.03. The molecule has 76 valence electrons. The standard InChI is InChI=1S/C12H16O2/c1-4-10(5-2)6-7-11-8-12(13-3)9-14-11/h4-5,8-10H,1-2,6-7H2,3H3. The predicted octanol–water partition coefficient (Wildman–Crippen LogP) is 3.21. The van der Waals surface area contributed by atoms with Crippen molar-refractivity contribution in [3.63, 3.8) is 0 Å². The number of hydrogen-bond acceptors (Lipinski definition) is 2. The summed E-state index contributed by atoms with van der Waals surface area (Å²) in [6, 6.07) is 1.91. The van der Waals surface area contributed by atoms with Crippen molar-refractivity contribution in [2.24, 2.45) is 5.92 Å². The molecule has 0 radical (unpaired) electrons. The number of furan rings is 1. The molecule has 0 aliphatic carbocycles. The average Bonchev–Trinajstić information content (AvgIpc) is 2.67. The lowest BCUT2D eigenvalue weighted by Crippen LogP contribution is -1.93. The maximum absolute atomic E-state index is 5.30. The van der Waals surface area contributed by atoms with Crippen molar-refractivity contribution in [3.05, 3.63) is 43.4 Å². The fourth-order valence-corrected chi connectivity index (χ4v) is 1.24. The molecule has 1 aromatic rings. The summed E-state index contributed by atoms with van der Waals surface area (Å²) in [7, 11) is 1.63. The topological polar surface area (TPSA) is 22.4 Å². The van der Waals surface area contributed by atoms with Gasteiger partial charge in [-0.1, -0.05) is 12.2 Å². The van der Waals surface area contributed by atoms with E-state index in [1.54, 1.807) is 13.4 Å². The van der Waals surface area contributed by atoms with Gasteiger partial charge in [-0.25, -0.2) is 0 Å². The van der Waals surface area contributed by atoms with Crippen LogP contribution in [0.5, 0.6) is 5.75 Å². The number of rotatable bonds is 6. The zero-order valence-corrected chi connectivity index (χ0v) is 8.53. The molecule has 1 aromatic heterocycles. The van der Waals surface area contributed by atoms with Gasteiger partial charge in [0.05, 0.1) is 7.11 Å². The molecule has 1 heterocycles. The van der Waals surface area contributed by atoms with Crippen LogP contribution in [-0.2, 0) is 6.42 Å². The van der Waals surface area contributed by atoms with E-state index in [0.29, 0.717) is 5.92 Å². The van der Waals surface area contributed by atoms with Crippen LogP contribution in [0.3, 0.4) is 0 Å². The third kappa shape index (κ3) is 2.80. The molecule has 0 amide bonds. The Morgan fingerprint density at radius 2 is 2.21 bits per heavy atom. The molecule has 1 rings (SSSR count). The van der Waals surface area contributed by atoms with Crippen LogP contribution in [0, 0.1) is 5.92 Å². The molecular weight excluding hydrogens is 176 g/mol.